The summed E-state index contributed by atoms with van der Waals surface area (Å²) in [4.78, 5) is 4.33. The third-order valence-electron chi connectivity index (χ3n) is 6.77. The summed E-state index contributed by atoms with van der Waals surface area (Å²) >= 11 is 0. The molecule has 3 fully saturated rings. The van der Waals surface area contributed by atoms with E-state index in [1.807, 2.05) is 0 Å². The molecule has 158 valence electrons. The Labute approximate surface area is 167 Å². The highest BCUT2D eigenvalue weighted by atomic mass is 19.3. The number of aliphatic imine (C=N–C) groups is 1. The van der Waals surface area contributed by atoms with E-state index in [1.54, 1.807) is 13.1 Å². The third kappa shape index (κ3) is 3.06. The van der Waals surface area contributed by atoms with Crippen LogP contribution in [0.25, 0.3) is 0 Å². The molecule has 2 heterocycles. The predicted molar refractivity (Wildman–Crippen MR) is 100 cm³/mol. The van der Waals surface area contributed by atoms with Crippen molar-refractivity contribution in [1.82, 2.24) is 10.6 Å². The van der Waals surface area contributed by atoms with Gasteiger partial charge in [0.15, 0.2) is 17.5 Å². The van der Waals surface area contributed by atoms with Crippen molar-refractivity contribution in [3.63, 3.8) is 0 Å². The summed E-state index contributed by atoms with van der Waals surface area (Å²) in [7, 11) is 1.71. The minimum Gasteiger partial charge on any atom is -0.454 e. The molecule has 3 unspecified atom stereocenters. The van der Waals surface area contributed by atoms with Crippen LogP contribution in [0.5, 0.6) is 17.2 Å². The second-order valence-corrected chi connectivity index (χ2v) is 8.07. The van der Waals surface area contributed by atoms with Crippen LogP contribution >= 0.6 is 0 Å². The van der Waals surface area contributed by atoms with Gasteiger partial charge in [0.2, 0.25) is 6.79 Å². The van der Waals surface area contributed by atoms with Gasteiger partial charge in [0.05, 0.1) is 6.10 Å². The van der Waals surface area contributed by atoms with Crippen molar-refractivity contribution >= 4 is 5.96 Å². The first-order valence-electron chi connectivity index (χ1n) is 10.1. The lowest BCUT2D eigenvalue weighted by molar-refractivity contribution is -0.171. The van der Waals surface area contributed by atoms with E-state index >= 15 is 0 Å². The molecule has 2 aliphatic heterocycles. The number of ether oxygens (including phenoxy) is 4. The van der Waals surface area contributed by atoms with E-state index < -0.39 is 6.61 Å². The summed E-state index contributed by atoms with van der Waals surface area (Å²) in [5.74, 6) is 2.14. The molecule has 0 amide bonds. The fraction of sp³-hybridized carbons (Fsp3) is 0.650. The second kappa shape index (κ2) is 7.19. The van der Waals surface area contributed by atoms with E-state index in [2.05, 4.69) is 20.4 Å². The summed E-state index contributed by atoms with van der Waals surface area (Å²) in [6, 6.07) is 3.44. The lowest BCUT2D eigenvalue weighted by Crippen LogP contribution is -2.72. The molecular formula is C20H25F2N3O4. The van der Waals surface area contributed by atoms with E-state index in [-0.39, 0.29) is 24.5 Å². The number of halogens is 2. The first-order chi connectivity index (χ1) is 14.1. The van der Waals surface area contributed by atoms with Gasteiger partial charge in [-0.3, -0.25) is 4.99 Å². The molecule has 9 heteroatoms. The fourth-order valence-corrected chi connectivity index (χ4v) is 5.29. The van der Waals surface area contributed by atoms with Gasteiger partial charge in [-0.15, -0.1) is 0 Å². The molecule has 0 radical (unpaired) electrons. The van der Waals surface area contributed by atoms with Crippen LogP contribution < -0.4 is 24.8 Å². The maximum Gasteiger partial charge on any atom is 0.387 e. The largest absolute Gasteiger partial charge is 0.454 e. The predicted octanol–water partition coefficient (Wildman–Crippen LogP) is 2.64. The Bertz CT molecular complexity index is 815. The van der Waals surface area contributed by atoms with Crippen LogP contribution in [0, 0.1) is 11.3 Å². The number of hydrogen-bond donors (Lipinski definition) is 2. The molecule has 5 rings (SSSR count). The first-order valence-corrected chi connectivity index (χ1v) is 10.1. The van der Waals surface area contributed by atoms with Gasteiger partial charge in [0.1, 0.15) is 5.75 Å². The number of nitrogens with one attached hydrogen (secondary N) is 2. The average molecular weight is 409 g/mol. The van der Waals surface area contributed by atoms with Crippen LogP contribution in [0.4, 0.5) is 8.78 Å². The number of benzene rings is 1. The van der Waals surface area contributed by atoms with E-state index in [1.165, 1.54) is 25.3 Å². The van der Waals surface area contributed by atoms with Gasteiger partial charge in [0.25, 0.3) is 0 Å². The van der Waals surface area contributed by atoms with Gasteiger partial charge in [0, 0.05) is 49.2 Å². The third-order valence-corrected chi connectivity index (χ3v) is 6.77. The van der Waals surface area contributed by atoms with Crippen molar-refractivity contribution in [2.45, 2.75) is 51.0 Å². The number of fused-ring (bicyclic) bond motifs is 3. The molecule has 1 saturated heterocycles. The maximum absolute atomic E-state index is 12.8. The molecule has 29 heavy (non-hydrogen) atoms. The quantitative estimate of drug-likeness (QED) is 0.576. The number of nitrogens with zero attached hydrogens (tertiary/aromatic N) is 1. The van der Waals surface area contributed by atoms with E-state index in [0.29, 0.717) is 41.1 Å². The summed E-state index contributed by atoms with van der Waals surface area (Å²) in [5, 5.41) is 6.80. The van der Waals surface area contributed by atoms with Crippen LogP contribution in [-0.4, -0.2) is 45.2 Å². The summed E-state index contributed by atoms with van der Waals surface area (Å²) in [6.45, 7) is -1.76. The zero-order chi connectivity index (χ0) is 20.0. The van der Waals surface area contributed by atoms with Crippen molar-refractivity contribution in [3.05, 3.63) is 17.7 Å². The zero-order valence-electron chi connectivity index (χ0n) is 16.2. The van der Waals surface area contributed by atoms with Crippen LogP contribution in [0.2, 0.25) is 0 Å². The van der Waals surface area contributed by atoms with Gasteiger partial charge in [-0.05, 0) is 25.3 Å². The molecule has 0 aromatic heterocycles. The normalized spacial score (nSPS) is 28.7. The second-order valence-electron chi connectivity index (χ2n) is 8.07. The Morgan fingerprint density at radius 3 is 2.79 bits per heavy atom. The van der Waals surface area contributed by atoms with Crippen LogP contribution in [0.3, 0.4) is 0 Å². The van der Waals surface area contributed by atoms with Gasteiger partial charge in [-0.1, -0.05) is 6.42 Å². The van der Waals surface area contributed by atoms with Crippen molar-refractivity contribution in [3.8, 4) is 17.2 Å². The smallest absolute Gasteiger partial charge is 0.387 e. The Kier molecular flexibility index (Phi) is 4.64. The van der Waals surface area contributed by atoms with Crippen molar-refractivity contribution in [2.75, 3.05) is 20.4 Å². The number of alkyl halides is 2. The highest BCUT2D eigenvalue weighted by molar-refractivity contribution is 5.80. The molecule has 4 aliphatic rings. The Hall–Kier alpha value is -2.29. The van der Waals surface area contributed by atoms with Crippen LogP contribution in [0.15, 0.2) is 17.1 Å². The van der Waals surface area contributed by atoms with Gasteiger partial charge < -0.3 is 29.6 Å². The molecular weight excluding hydrogens is 384 g/mol. The monoisotopic (exact) mass is 409 g/mol. The average Bonchev–Trinajstić information content (AvgIpc) is 3.27. The number of guanidine groups is 1. The lowest BCUT2D eigenvalue weighted by Gasteiger charge is -2.63. The zero-order valence-corrected chi connectivity index (χ0v) is 16.2. The Morgan fingerprint density at radius 1 is 1.31 bits per heavy atom. The van der Waals surface area contributed by atoms with E-state index in [4.69, 9.17) is 14.2 Å². The van der Waals surface area contributed by atoms with Crippen molar-refractivity contribution < 1.29 is 27.7 Å². The van der Waals surface area contributed by atoms with Crippen LogP contribution in [0.1, 0.15) is 31.2 Å². The fourth-order valence-electron chi connectivity index (χ4n) is 5.29. The molecule has 2 aliphatic carbocycles. The minimum absolute atomic E-state index is 0.0653. The molecule has 1 spiro atoms. The van der Waals surface area contributed by atoms with E-state index in [9.17, 15) is 8.78 Å². The standard InChI is InChI=1S/C20H25F2N3O4/c1-23-19(25-16-12-3-6-26-17(12)20(16)4-2-5-20)24-9-11-7-14-15(28-10-27-14)8-13(11)29-18(21)22/h7-8,12,16-18H,2-6,9-10H2,1H3,(H2,23,24,25). The Balaban J connectivity index is 1.28. The van der Waals surface area contributed by atoms with Crippen molar-refractivity contribution in [1.29, 1.82) is 0 Å². The minimum atomic E-state index is -2.92. The lowest BCUT2D eigenvalue weighted by atomic mass is 9.46. The molecule has 2 N–H and O–H groups in total. The molecule has 1 aromatic carbocycles. The Morgan fingerprint density at radius 2 is 2.10 bits per heavy atom. The maximum atomic E-state index is 12.8. The molecule has 1 aromatic rings. The number of hydrogen-bond acceptors (Lipinski definition) is 5. The highest BCUT2D eigenvalue weighted by Crippen LogP contribution is 2.62. The van der Waals surface area contributed by atoms with Gasteiger partial charge in [-0.25, -0.2) is 0 Å². The van der Waals surface area contributed by atoms with Gasteiger partial charge in [-0.2, -0.15) is 8.78 Å². The summed E-state index contributed by atoms with van der Waals surface area (Å²) < 4.78 is 46.9. The molecule has 7 nitrogen and oxygen atoms in total. The first kappa shape index (κ1) is 18.7. The van der Waals surface area contributed by atoms with Crippen LogP contribution in [-0.2, 0) is 11.3 Å². The molecule has 2 saturated carbocycles. The molecule has 0 bridgehead atoms. The van der Waals surface area contributed by atoms with Crippen molar-refractivity contribution in [2.24, 2.45) is 16.3 Å². The topological polar surface area (TPSA) is 73.3 Å². The summed E-state index contributed by atoms with van der Waals surface area (Å²) in [5.41, 5.74) is 0.771. The number of rotatable bonds is 5. The highest BCUT2D eigenvalue weighted by Gasteiger charge is 2.66. The SMILES string of the molecule is CN=C(NCc1cc2c(cc1OC(F)F)OCO2)NC1C2CCOC2C12CCC2. The summed E-state index contributed by atoms with van der Waals surface area (Å²) in [6.07, 6.45) is 5.03. The van der Waals surface area contributed by atoms with E-state index in [0.717, 1.165) is 13.0 Å². The molecule has 3 atom stereocenters. The van der Waals surface area contributed by atoms with Gasteiger partial charge >= 0.3 is 6.61 Å².